The number of nitrogens with one attached hydrogen (secondary N) is 1. The van der Waals surface area contributed by atoms with E-state index in [1.54, 1.807) is 17.0 Å². The third-order valence-corrected chi connectivity index (χ3v) is 5.29. The van der Waals surface area contributed by atoms with Gasteiger partial charge < -0.3 is 10.1 Å². The fraction of sp³-hybridized carbons (Fsp3) is 0.278. The van der Waals surface area contributed by atoms with Gasteiger partial charge in [-0.1, -0.05) is 17.7 Å². The molecule has 7 nitrogen and oxygen atoms in total. The lowest BCUT2D eigenvalue weighted by atomic mass is 9.90. The van der Waals surface area contributed by atoms with Crippen molar-refractivity contribution in [2.75, 3.05) is 4.90 Å². The van der Waals surface area contributed by atoms with Gasteiger partial charge in [0.25, 0.3) is 5.69 Å². The molecule has 0 aromatic heterocycles. The number of carbonyl (C=O) groups excluding carboxylic acids is 1. The second kappa shape index (κ2) is 5.60. The highest BCUT2D eigenvalue weighted by molar-refractivity contribution is 6.31. The first kappa shape index (κ1) is 16.7. The molecule has 1 N–H and O–H groups in total. The summed E-state index contributed by atoms with van der Waals surface area (Å²) in [5, 5.41) is 14.5. The third kappa shape index (κ3) is 2.47. The Labute approximate surface area is 154 Å². The number of rotatable bonds is 2. The summed E-state index contributed by atoms with van der Waals surface area (Å²) in [6.07, 6.45) is 0.457. The predicted molar refractivity (Wildman–Crippen MR) is 96.7 cm³/mol. The number of carbonyl (C=O) groups is 1. The Morgan fingerprint density at radius 3 is 2.81 bits per heavy atom. The summed E-state index contributed by atoms with van der Waals surface area (Å²) >= 11 is 6.22. The first-order valence-corrected chi connectivity index (χ1v) is 8.50. The van der Waals surface area contributed by atoms with Crippen molar-refractivity contribution in [3.63, 3.8) is 0 Å². The van der Waals surface area contributed by atoms with Gasteiger partial charge in [0.1, 0.15) is 5.75 Å². The molecule has 1 fully saturated rings. The van der Waals surface area contributed by atoms with Gasteiger partial charge in [0, 0.05) is 29.1 Å². The van der Waals surface area contributed by atoms with Gasteiger partial charge in [-0.3, -0.25) is 15.0 Å². The molecule has 8 heteroatoms. The molecule has 2 aromatic carbocycles. The van der Waals surface area contributed by atoms with Crippen LogP contribution in [0.3, 0.4) is 0 Å². The molecule has 134 valence electrons. The minimum absolute atomic E-state index is 0.0297. The third-order valence-electron chi connectivity index (χ3n) is 4.88. The van der Waals surface area contributed by atoms with Gasteiger partial charge in [0.05, 0.1) is 16.7 Å². The lowest BCUT2D eigenvalue weighted by Crippen LogP contribution is -2.65. The minimum atomic E-state index is -0.922. The Hall–Kier alpha value is -2.80. The van der Waals surface area contributed by atoms with Crippen LogP contribution < -0.4 is 15.0 Å². The molecular weight excluding hydrogens is 358 g/mol. The minimum Gasteiger partial charge on any atom is -0.467 e. The van der Waals surface area contributed by atoms with E-state index >= 15 is 0 Å². The zero-order valence-electron chi connectivity index (χ0n) is 14.2. The molecule has 0 radical (unpaired) electrons. The number of urea groups is 1. The monoisotopic (exact) mass is 373 g/mol. The van der Waals surface area contributed by atoms with E-state index in [4.69, 9.17) is 16.3 Å². The van der Waals surface area contributed by atoms with Crippen LogP contribution in [0.5, 0.6) is 5.75 Å². The summed E-state index contributed by atoms with van der Waals surface area (Å²) in [5.41, 5.74) is 1.21. The first-order chi connectivity index (χ1) is 12.3. The number of halogens is 1. The molecule has 2 aliphatic rings. The molecule has 0 saturated carbocycles. The number of ether oxygens (including phenoxy) is 1. The van der Waals surface area contributed by atoms with Crippen LogP contribution in [0, 0.1) is 17.0 Å². The maximum absolute atomic E-state index is 12.8. The summed E-state index contributed by atoms with van der Waals surface area (Å²) < 4.78 is 6.13. The molecule has 1 saturated heterocycles. The smallest absolute Gasteiger partial charge is 0.325 e. The van der Waals surface area contributed by atoms with Crippen molar-refractivity contribution < 1.29 is 14.5 Å². The van der Waals surface area contributed by atoms with E-state index in [1.165, 1.54) is 12.1 Å². The first-order valence-electron chi connectivity index (χ1n) is 8.13. The molecule has 0 aliphatic carbocycles. The Bertz CT molecular complexity index is 948. The molecule has 2 aliphatic heterocycles. The van der Waals surface area contributed by atoms with Crippen molar-refractivity contribution in [2.24, 2.45) is 0 Å². The standard InChI is InChI=1S/C18H16ClN3O4/c1-10-3-4-11(8-14(10)19)21-17(23)20-15-9-18(21,2)26-16-6-5-12(22(24)25)7-13(15)16/h3-8,15H,9H2,1-2H3,(H,20,23)/t15-,18+/m0/s1. The van der Waals surface area contributed by atoms with Crippen LogP contribution in [0.2, 0.25) is 5.02 Å². The fourth-order valence-electron chi connectivity index (χ4n) is 3.59. The second-order valence-corrected chi connectivity index (χ2v) is 7.14. The summed E-state index contributed by atoms with van der Waals surface area (Å²) in [6.45, 7) is 3.72. The zero-order chi connectivity index (χ0) is 18.6. The fourth-order valence-corrected chi connectivity index (χ4v) is 3.76. The van der Waals surface area contributed by atoms with Gasteiger partial charge in [0.15, 0.2) is 5.72 Å². The summed E-state index contributed by atoms with van der Waals surface area (Å²) in [5.74, 6) is 0.526. The van der Waals surface area contributed by atoms with E-state index in [9.17, 15) is 14.9 Å². The number of amides is 2. The van der Waals surface area contributed by atoms with Gasteiger partial charge in [-0.15, -0.1) is 0 Å². The second-order valence-electron chi connectivity index (χ2n) is 6.73. The van der Waals surface area contributed by atoms with Crippen LogP contribution in [0.1, 0.15) is 30.5 Å². The Balaban J connectivity index is 1.78. The SMILES string of the molecule is Cc1ccc(N2C(=O)N[C@H]3C[C@@]2(C)Oc2ccc([N+](=O)[O-])cc23)cc1Cl. The molecule has 2 heterocycles. The zero-order valence-corrected chi connectivity index (χ0v) is 14.9. The summed E-state index contributed by atoms with van der Waals surface area (Å²) in [4.78, 5) is 24.9. The highest BCUT2D eigenvalue weighted by Gasteiger charge is 2.50. The van der Waals surface area contributed by atoms with E-state index in [-0.39, 0.29) is 17.8 Å². The van der Waals surface area contributed by atoms with Gasteiger partial charge >= 0.3 is 6.03 Å². The van der Waals surface area contributed by atoms with Crippen molar-refractivity contribution in [3.8, 4) is 5.75 Å². The number of anilines is 1. The van der Waals surface area contributed by atoms with E-state index in [0.29, 0.717) is 28.4 Å². The molecular formula is C18H16ClN3O4. The largest absolute Gasteiger partial charge is 0.467 e. The van der Waals surface area contributed by atoms with Gasteiger partial charge in [0.2, 0.25) is 0 Å². The number of non-ortho nitro benzene ring substituents is 1. The summed E-state index contributed by atoms with van der Waals surface area (Å²) in [6, 6.07) is 9.15. The number of benzene rings is 2. The van der Waals surface area contributed by atoms with Crippen LogP contribution in [0.4, 0.5) is 16.2 Å². The number of aryl methyl sites for hydroxylation is 1. The van der Waals surface area contributed by atoms with Crippen molar-refractivity contribution in [2.45, 2.75) is 32.0 Å². The Morgan fingerprint density at radius 1 is 1.35 bits per heavy atom. The van der Waals surface area contributed by atoms with E-state index < -0.39 is 10.6 Å². The van der Waals surface area contributed by atoms with Gasteiger partial charge in [-0.2, -0.15) is 0 Å². The molecule has 0 unspecified atom stereocenters. The number of hydrogen-bond donors (Lipinski definition) is 1. The summed E-state index contributed by atoms with van der Waals surface area (Å²) in [7, 11) is 0. The number of fused-ring (bicyclic) bond motifs is 4. The van der Waals surface area contributed by atoms with Crippen LogP contribution >= 0.6 is 11.6 Å². The number of nitrogens with zero attached hydrogens (tertiary/aromatic N) is 2. The highest BCUT2D eigenvalue weighted by atomic mass is 35.5. The average Bonchev–Trinajstić information content (AvgIpc) is 2.57. The van der Waals surface area contributed by atoms with E-state index in [1.807, 2.05) is 26.0 Å². The van der Waals surface area contributed by atoms with Crippen molar-refractivity contribution in [3.05, 3.63) is 62.7 Å². The lowest BCUT2D eigenvalue weighted by Gasteiger charge is -2.50. The number of nitro groups is 1. The van der Waals surface area contributed by atoms with Gasteiger partial charge in [-0.05, 0) is 37.6 Å². The normalized spacial score (nSPS) is 23.7. The molecule has 2 amide bonds. The van der Waals surface area contributed by atoms with Crippen molar-refractivity contribution in [1.29, 1.82) is 0 Å². The number of nitro benzene ring substituents is 1. The maximum atomic E-state index is 12.8. The maximum Gasteiger partial charge on any atom is 0.325 e. The van der Waals surface area contributed by atoms with Gasteiger partial charge in [-0.25, -0.2) is 4.79 Å². The molecule has 4 rings (SSSR count). The average molecular weight is 374 g/mol. The predicted octanol–water partition coefficient (Wildman–Crippen LogP) is 4.33. The Morgan fingerprint density at radius 2 is 2.12 bits per heavy atom. The molecule has 26 heavy (non-hydrogen) atoms. The van der Waals surface area contributed by atoms with E-state index in [0.717, 1.165) is 5.56 Å². The topological polar surface area (TPSA) is 84.7 Å². The molecule has 2 bridgehead atoms. The van der Waals surface area contributed by atoms with E-state index in [2.05, 4.69) is 5.32 Å². The highest BCUT2D eigenvalue weighted by Crippen LogP contribution is 2.46. The van der Waals surface area contributed by atoms with Crippen LogP contribution in [-0.4, -0.2) is 16.7 Å². The molecule has 0 spiro atoms. The molecule has 2 atom stereocenters. The van der Waals surface area contributed by atoms with Crippen LogP contribution in [-0.2, 0) is 0 Å². The Kier molecular flexibility index (Phi) is 3.59. The lowest BCUT2D eigenvalue weighted by molar-refractivity contribution is -0.385. The van der Waals surface area contributed by atoms with Crippen LogP contribution in [0.25, 0.3) is 0 Å². The van der Waals surface area contributed by atoms with Crippen molar-refractivity contribution >= 4 is 29.0 Å². The van der Waals surface area contributed by atoms with Crippen LogP contribution in [0.15, 0.2) is 36.4 Å². The number of hydrogen-bond acceptors (Lipinski definition) is 4. The van der Waals surface area contributed by atoms with Crippen molar-refractivity contribution in [1.82, 2.24) is 5.32 Å². The molecule has 2 aromatic rings. The quantitative estimate of drug-likeness (QED) is 0.627.